The second-order valence-corrected chi connectivity index (χ2v) is 7.03. The lowest BCUT2D eigenvalue weighted by Gasteiger charge is -2.27. The zero-order valence-electron chi connectivity index (χ0n) is 14.7. The van der Waals surface area contributed by atoms with Crippen molar-refractivity contribution in [3.8, 4) is 5.75 Å². The van der Waals surface area contributed by atoms with E-state index in [0.717, 1.165) is 28.0 Å². The molecule has 0 aliphatic carbocycles. The number of nitrogens with two attached hydrogens (primary N) is 1. The van der Waals surface area contributed by atoms with Crippen LogP contribution in [-0.2, 0) is 4.79 Å². The monoisotopic (exact) mass is 318 g/mol. The van der Waals surface area contributed by atoms with Crippen molar-refractivity contribution in [1.29, 1.82) is 0 Å². The third kappa shape index (κ3) is 3.50. The summed E-state index contributed by atoms with van der Waals surface area (Å²) >= 11 is 0. The van der Waals surface area contributed by atoms with Crippen LogP contribution in [-0.4, -0.2) is 19.1 Å². The van der Waals surface area contributed by atoms with Crippen LogP contribution in [0.15, 0.2) is 22.6 Å². The molecule has 1 unspecified atom stereocenters. The molecule has 0 saturated carbocycles. The van der Waals surface area contributed by atoms with Crippen molar-refractivity contribution in [1.82, 2.24) is 5.32 Å². The number of hydrogen-bond donors (Lipinski definition) is 2. The van der Waals surface area contributed by atoms with E-state index in [0.29, 0.717) is 0 Å². The van der Waals surface area contributed by atoms with E-state index in [1.54, 1.807) is 7.11 Å². The number of amides is 1. The van der Waals surface area contributed by atoms with Gasteiger partial charge in [0.1, 0.15) is 17.1 Å². The van der Waals surface area contributed by atoms with Crippen LogP contribution in [0, 0.1) is 12.3 Å². The first-order valence-electron chi connectivity index (χ1n) is 7.78. The van der Waals surface area contributed by atoms with E-state index in [1.165, 1.54) is 0 Å². The van der Waals surface area contributed by atoms with Crippen LogP contribution in [0.3, 0.4) is 0 Å². The van der Waals surface area contributed by atoms with Crippen LogP contribution >= 0.6 is 0 Å². The largest absolute Gasteiger partial charge is 0.497 e. The molecule has 0 radical (unpaired) electrons. The summed E-state index contributed by atoms with van der Waals surface area (Å²) < 4.78 is 11.2. The number of hydrogen-bond acceptors (Lipinski definition) is 4. The first-order valence-corrected chi connectivity index (χ1v) is 7.78. The van der Waals surface area contributed by atoms with Crippen LogP contribution in [0.4, 0.5) is 0 Å². The van der Waals surface area contributed by atoms with Gasteiger partial charge in [0.05, 0.1) is 19.2 Å². The number of aryl methyl sites for hydroxylation is 1. The van der Waals surface area contributed by atoms with Gasteiger partial charge >= 0.3 is 0 Å². The maximum atomic E-state index is 12.3. The third-order valence-electron chi connectivity index (χ3n) is 4.15. The Balaban J connectivity index is 2.26. The quantitative estimate of drug-likeness (QED) is 0.906. The third-order valence-corrected chi connectivity index (χ3v) is 4.15. The second-order valence-electron chi connectivity index (χ2n) is 7.03. The maximum Gasteiger partial charge on any atom is 0.238 e. The number of fused-ring (bicyclic) bond motifs is 1. The number of carbonyl (C=O) groups excluding carboxylic acids is 1. The molecule has 1 heterocycles. The Morgan fingerprint density at radius 2 is 2.00 bits per heavy atom. The summed E-state index contributed by atoms with van der Waals surface area (Å²) in [5, 5.41) is 3.93. The van der Waals surface area contributed by atoms with Crippen LogP contribution in [0.1, 0.15) is 45.1 Å². The standard InChI is InChI=1S/C18H26N2O3/c1-10-13-9-12(22-6)7-8-14(13)23-15(10)11(2)20-17(21)16(19)18(3,4)5/h7-9,11,16H,19H2,1-6H3,(H,20,21)/t11?,16-/m1/s1. The normalized spacial score (nSPS) is 14.6. The average molecular weight is 318 g/mol. The molecular formula is C18H26N2O3. The highest BCUT2D eigenvalue weighted by atomic mass is 16.5. The first kappa shape index (κ1) is 17.3. The lowest BCUT2D eigenvalue weighted by molar-refractivity contribution is -0.125. The van der Waals surface area contributed by atoms with Gasteiger partial charge in [0.15, 0.2) is 0 Å². The molecule has 2 atom stereocenters. The van der Waals surface area contributed by atoms with Crippen molar-refractivity contribution in [3.05, 3.63) is 29.5 Å². The minimum Gasteiger partial charge on any atom is -0.497 e. The van der Waals surface area contributed by atoms with Crippen LogP contribution < -0.4 is 15.8 Å². The Morgan fingerprint density at radius 1 is 1.35 bits per heavy atom. The number of rotatable bonds is 4. The highest BCUT2D eigenvalue weighted by Crippen LogP contribution is 2.32. The summed E-state index contributed by atoms with van der Waals surface area (Å²) in [4.78, 5) is 12.3. The second kappa shape index (κ2) is 6.24. The lowest BCUT2D eigenvalue weighted by Crippen LogP contribution is -2.49. The highest BCUT2D eigenvalue weighted by Gasteiger charge is 2.29. The molecule has 2 aromatic rings. The van der Waals surface area contributed by atoms with E-state index in [2.05, 4.69) is 5.32 Å². The van der Waals surface area contributed by atoms with Crippen molar-refractivity contribution in [2.45, 2.75) is 46.7 Å². The van der Waals surface area contributed by atoms with Crippen molar-refractivity contribution in [3.63, 3.8) is 0 Å². The molecule has 1 aromatic heterocycles. The van der Waals surface area contributed by atoms with Gasteiger partial charge in [-0.3, -0.25) is 4.79 Å². The van der Waals surface area contributed by atoms with E-state index >= 15 is 0 Å². The van der Waals surface area contributed by atoms with Gasteiger partial charge in [-0.05, 0) is 37.5 Å². The van der Waals surface area contributed by atoms with Gasteiger partial charge < -0.3 is 20.2 Å². The van der Waals surface area contributed by atoms with Gasteiger partial charge in [-0.15, -0.1) is 0 Å². The Hall–Kier alpha value is -2.01. The van der Waals surface area contributed by atoms with Gasteiger partial charge in [-0.25, -0.2) is 0 Å². The summed E-state index contributed by atoms with van der Waals surface area (Å²) in [6.07, 6.45) is 0. The van der Waals surface area contributed by atoms with Gasteiger partial charge in [-0.1, -0.05) is 20.8 Å². The van der Waals surface area contributed by atoms with E-state index < -0.39 is 6.04 Å². The molecule has 0 bridgehead atoms. The lowest BCUT2D eigenvalue weighted by atomic mass is 9.87. The summed E-state index contributed by atoms with van der Waals surface area (Å²) in [6.45, 7) is 9.71. The van der Waals surface area contributed by atoms with E-state index in [9.17, 15) is 4.79 Å². The SMILES string of the molecule is COc1ccc2oc(C(C)NC(=O)[C@@H](N)C(C)(C)C)c(C)c2c1. The Labute approximate surface area is 137 Å². The van der Waals surface area contributed by atoms with Crippen molar-refractivity contribution in [2.75, 3.05) is 7.11 Å². The number of nitrogens with one attached hydrogen (secondary N) is 1. The first-order chi connectivity index (χ1) is 10.6. The molecule has 0 fully saturated rings. The number of methoxy groups -OCH3 is 1. The predicted molar refractivity (Wildman–Crippen MR) is 91.5 cm³/mol. The fourth-order valence-corrected chi connectivity index (χ4v) is 2.52. The van der Waals surface area contributed by atoms with Crippen LogP contribution in [0.25, 0.3) is 11.0 Å². The van der Waals surface area contributed by atoms with E-state index in [4.69, 9.17) is 14.9 Å². The number of benzene rings is 1. The molecule has 1 amide bonds. The fourth-order valence-electron chi connectivity index (χ4n) is 2.52. The molecule has 5 heteroatoms. The fraction of sp³-hybridized carbons (Fsp3) is 0.500. The van der Waals surface area contributed by atoms with Crippen molar-refractivity contribution >= 4 is 16.9 Å². The number of ether oxygens (including phenoxy) is 1. The zero-order valence-corrected chi connectivity index (χ0v) is 14.7. The molecule has 0 saturated heterocycles. The molecule has 3 N–H and O–H groups in total. The minimum absolute atomic E-state index is 0.178. The summed E-state index contributed by atoms with van der Waals surface area (Å²) in [5.41, 5.74) is 7.49. The average Bonchev–Trinajstić information content (AvgIpc) is 2.82. The molecule has 0 aliphatic heterocycles. The Bertz CT molecular complexity index is 713. The zero-order chi connectivity index (χ0) is 17.4. The van der Waals surface area contributed by atoms with E-state index in [-0.39, 0.29) is 17.4 Å². The summed E-state index contributed by atoms with van der Waals surface area (Å²) in [6, 6.07) is 4.84. The molecule has 23 heavy (non-hydrogen) atoms. The Kier molecular flexibility index (Phi) is 4.71. The molecule has 2 rings (SSSR count). The number of carbonyl (C=O) groups is 1. The van der Waals surface area contributed by atoms with Gasteiger partial charge in [0.25, 0.3) is 0 Å². The smallest absolute Gasteiger partial charge is 0.238 e. The molecule has 126 valence electrons. The van der Waals surface area contributed by atoms with Crippen LogP contribution in [0.2, 0.25) is 0 Å². The van der Waals surface area contributed by atoms with Gasteiger partial charge in [-0.2, -0.15) is 0 Å². The number of furan rings is 1. The molecule has 0 spiro atoms. The minimum atomic E-state index is -0.574. The van der Waals surface area contributed by atoms with Crippen LogP contribution in [0.5, 0.6) is 5.75 Å². The van der Waals surface area contributed by atoms with Gasteiger partial charge in [0.2, 0.25) is 5.91 Å². The van der Waals surface area contributed by atoms with Crippen molar-refractivity contribution < 1.29 is 13.9 Å². The van der Waals surface area contributed by atoms with E-state index in [1.807, 2.05) is 52.8 Å². The Morgan fingerprint density at radius 3 is 2.57 bits per heavy atom. The topological polar surface area (TPSA) is 77.5 Å². The van der Waals surface area contributed by atoms with Crippen molar-refractivity contribution in [2.24, 2.45) is 11.1 Å². The summed E-state index contributed by atoms with van der Waals surface area (Å²) in [7, 11) is 1.63. The maximum absolute atomic E-state index is 12.3. The predicted octanol–water partition coefficient (Wildman–Crippen LogP) is 3.30. The molecule has 5 nitrogen and oxygen atoms in total. The molecular weight excluding hydrogens is 292 g/mol. The highest BCUT2D eigenvalue weighted by molar-refractivity contribution is 5.85. The molecule has 1 aromatic carbocycles. The van der Waals surface area contributed by atoms with Gasteiger partial charge in [0, 0.05) is 10.9 Å². The summed E-state index contributed by atoms with van der Waals surface area (Å²) in [5.74, 6) is 1.34. The molecule has 0 aliphatic rings.